The van der Waals surface area contributed by atoms with Gasteiger partial charge in [0.15, 0.2) is 0 Å². The Bertz CT molecular complexity index is 1020. The number of amides is 1. The lowest BCUT2D eigenvalue weighted by Crippen LogP contribution is -2.40. The highest BCUT2D eigenvalue weighted by molar-refractivity contribution is 6.33. The molecule has 0 saturated carbocycles. The van der Waals surface area contributed by atoms with Crippen LogP contribution >= 0.6 is 11.6 Å². The summed E-state index contributed by atoms with van der Waals surface area (Å²) < 4.78 is 26.2. The Hall–Kier alpha value is -2.45. The molecule has 1 fully saturated rings. The van der Waals surface area contributed by atoms with Crippen LogP contribution < -0.4 is 5.32 Å². The van der Waals surface area contributed by atoms with Crippen LogP contribution in [-0.2, 0) is 28.9 Å². The van der Waals surface area contributed by atoms with E-state index in [1.807, 2.05) is 6.92 Å². The van der Waals surface area contributed by atoms with Crippen molar-refractivity contribution in [1.29, 1.82) is 0 Å². The van der Waals surface area contributed by atoms with Crippen LogP contribution in [0.4, 0.5) is 4.39 Å². The third-order valence-electron chi connectivity index (χ3n) is 6.34. The van der Waals surface area contributed by atoms with Gasteiger partial charge in [-0.15, -0.1) is 0 Å². The van der Waals surface area contributed by atoms with Crippen molar-refractivity contribution >= 4 is 23.5 Å². The minimum absolute atomic E-state index is 0.00826. The minimum Gasteiger partial charge on any atom is -0.462 e. The highest BCUT2D eigenvalue weighted by atomic mass is 35.5. The van der Waals surface area contributed by atoms with Gasteiger partial charge in [0.25, 0.3) is 5.91 Å². The number of hydrogen-bond donors (Lipinski definition) is 1. The molecule has 3 heterocycles. The molecule has 7 nitrogen and oxygen atoms in total. The van der Waals surface area contributed by atoms with Crippen LogP contribution in [0.1, 0.15) is 58.3 Å². The molecule has 1 N–H and O–H groups in total. The highest BCUT2D eigenvalue weighted by Gasteiger charge is 2.39. The second-order valence-corrected chi connectivity index (χ2v) is 8.78. The molecule has 2 aliphatic heterocycles. The molecule has 172 valence electrons. The molecular weight excluding hydrogens is 437 g/mol. The van der Waals surface area contributed by atoms with Gasteiger partial charge in [-0.05, 0) is 56.6 Å². The van der Waals surface area contributed by atoms with Gasteiger partial charge in [-0.25, -0.2) is 9.18 Å². The number of hydrogen-bond acceptors (Lipinski definition) is 5. The quantitative estimate of drug-likeness (QED) is 0.523. The van der Waals surface area contributed by atoms with Crippen molar-refractivity contribution in [3.8, 4) is 0 Å². The van der Waals surface area contributed by atoms with E-state index in [0.29, 0.717) is 44.8 Å². The summed E-state index contributed by atoms with van der Waals surface area (Å²) in [5.74, 6) is -1.40. The molecule has 0 bridgehead atoms. The molecule has 2 aliphatic rings. The molecule has 0 unspecified atom stereocenters. The molecule has 0 radical (unpaired) electrons. The first-order valence-corrected chi connectivity index (χ1v) is 11.4. The van der Waals surface area contributed by atoms with Crippen molar-refractivity contribution in [3.05, 3.63) is 51.6 Å². The van der Waals surface area contributed by atoms with Gasteiger partial charge in [0.05, 0.1) is 22.9 Å². The number of benzene rings is 1. The number of carbonyl (C=O) groups is 2. The summed E-state index contributed by atoms with van der Waals surface area (Å²) in [7, 11) is 0. The maximum absolute atomic E-state index is 13.6. The zero-order chi connectivity index (χ0) is 22.7. The Morgan fingerprint density at radius 3 is 2.91 bits per heavy atom. The highest BCUT2D eigenvalue weighted by Crippen LogP contribution is 2.37. The molecule has 32 heavy (non-hydrogen) atoms. The lowest BCUT2D eigenvalue weighted by Gasteiger charge is -2.36. The maximum atomic E-state index is 13.6. The summed E-state index contributed by atoms with van der Waals surface area (Å²) >= 11 is 5.86. The number of fused-ring (bicyclic) bond motifs is 1. The Kier molecular flexibility index (Phi) is 6.81. The van der Waals surface area contributed by atoms with E-state index in [1.165, 1.54) is 18.2 Å². The molecule has 1 amide bonds. The molecule has 0 atom stereocenters. The van der Waals surface area contributed by atoms with Gasteiger partial charge < -0.3 is 14.8 Å². The summed E-state index contributed by atoms with van der Waals surface area (Å²) in [6, 6.07) is 4.04. The number of nitrogens with zero attached hydrogens (tertiary/aromatic N) is 2. The Morgan fingerprint density at radius 2 is 2.16 bits per heavy atom. The van der Waals surface area contributed by atoms with Crippen molar-refractivity contribution in [2.24, 2.45) is 5.41 Å². The Balaban J connectivity index is 1.46. The van der Waals surface area contributed by atoms with Crippen LogP contribution in [0, 0.1) is 11.2 Å². The normalized spacial score (nSPS) is 17.5. The van der Waals surface area contributed by atoms with Gasteiger partial charge in [-0.2, -0.15) is 5.10 Å². The van der Waals surface area contributed by atoms with Crippen molar-refractivity contribution in [3.63, 3.8) is 0 Å². The van der Waals surface area contributed by atoms with Gasteiger partial charge in [-0.1, -0.05) is 17.7 Å². The van der Waals surface area contributed by atoms with Crippen LogP contribution in [0.25, 0.3) is 0 Å². The van der Waals surface area contributed by atoms with Crippen LogP contribution in [0.2, 0.25) is 5.02 Å². The van der Waals surface area contributed by atoms with E-state index in [4.69, 9.17) is 26.2 Å². The third-order valence-corrected chi connectivity index (χ3v) is 6.72. The number of esters is 1. The molecule has 0 aliphatic carbocycles. The molecule has 9 heteroatoms. The van der Waals surface area contributed by atoms with Crippen molar-refractivity contribution in [2.45, 2.75) is 45.6 Å². The van der Waals surface area contributed by atoms with E-state index < -0.39 is 11.8 Å². The molecule has 1 aromatic heterocycles. The number of carbonyl (C=O) groups excluding carboxylic acids is 2. The van der Waals surface area contributed by atoms with E-state index in [1.54, 1.807) is 4.68 Å². The zero-order valence-electron chi connectivity index (χ0n) is 18.1. The van der Waals surface area contributed by atoms with Crippen LogP contribution in [-0.4, -0.2) is 48.0 Å². The Labute approximate surface area is 191 Å². The van der Waals surface area contributed by atoms with Crippen LogP contribution in [0.15, 0.2) is 18.2 Å². The lowest BCUT2D eigenvalue weighted by molar-refractivity contribution is 0.0160. The first kappa shape index (κ1) is 22.7. The predicted molar refractivity (Wildman–Crippen MR) is 116 cm³/mol. The van der Waals surface area contributed by atoms with Gasteiger partial charge in [0.2, 0.25) is 0 Å². The second kappa shape index (κ2) is 9.58. The number of aromatic nitrogens is 2. The third kappa shape index (κ3) is 4.52. The number of halogens is 2. The summed E-state index contributed by atoms with van der Waals surface area (Å²) in [6.45, 7) is 4.73. The first-order valence-electron chi connectivity index (χ1n) is 11.0. The molecular formula is C23H27ClFN3O4. The van der Waals surface area contributed by atoms with Crippen molar-refractivity contribution in [1.82, 2.24) is 15.1 Å². The topological polar surface area (TPSA) is 82.5 Å². The largest absolute Gasteiger partial charge is 0.462 e. The Morgan fingerprint density at radius 1 is 1.38 bits per heavy atom. The van der Waals surface area contributed by atoms with E-state index >= 15 is 0 Å². The van der Waals surface area contributed by atoms with E-state index in [-0.39, 0.29) is 28.5 Å². The molecule has 2 aromatic rings. The van der Waals surface area contributed by atoms with Crippen LogP contribution in [0.3, 0.4) is 0 Å². The van der Waals surface area contributed by atoms with E-state index in [2.05, 4.69) is 5.32 Å². The summed E-state index contributed by atoms with van der Waals surface area (Å²) in [6.07, 6.45) is 3.67. The predicted octanol–water partition coefficient (Wildman–Crippen LogP) is 3.57. The van der Waals surface area contributed by atoms with Gasteiger partial charge in [-0.3, -0.25) is 9.48 Å². The van der Waals surface area contributed by atoms with Crippen molar-refractivity contribution < 1.29 is 23.5 Å². The van der Waals surface area contributed by atoms with Gasteiger partial charge >= 0.3 is 5.97 Å². The summed E-state index contributed by atoms with van der Waals surface area (Å²) in [5, 5.41) is 7.55. The van der Waals surface area contributed by atoms with Gasteiger partial charge in [0, 0.05) is 31.9 Å². The first-order chi connectivity index (χ1) is 15.4. The molecule has 1 aromatic carbocycles. The molecule has 1 saturated heterocycles. The standard InChI is InChI=1S/C23H27ClFN3O4/c1-2-28-20-16(13-23(14-26-21(20)29)8-11-31-12-9-23)18(27-28)7-4-10-32-22(30)15-5-3-6-17(25)19(15)24/h3,5-6H,2,4,7-14H2,1H3,(H,26,29). The number of aryl methyl sites for hydroxylation is 2. The van der Waals surface area contributed by atoms with Crippen molar-refractivity contribution in [2.75, 3.05) is 26.4 Å². The molecule has 4 rings (SSSR count). The summed E-state index contributed by atoms with van der Waals surface area (Å²) in [4.78, 5) is 25.1. The summed E-state index contributed by atoms with van der Waals surface area (Å²) in [5.41, 5.74) is 2.48. The SMILES string of the molecule is CCn1nc(CCCOC(=O)c2cccc(F)c2Cl)c2c1C(=O)NCC1(CCOCC1)C2. The number of rotatable bonds is 6. The van der Waals surface area contributed by atoms with E-state index in [0.717, 1.165) is 30.5 Å². The fourth-order valence-corrected chi connectivity index (χ4v) is 4.71. The number of nitrogens with one attached hydrogen (secondary N) is 1. The monoisotopic (exact) mass is 463 g/mol. The van der Waals surface area contributed by atoms with E-state index in [9.17, 15) is 14.0 Å². The number of ether oxygens (including phenoxy) is 2. The average Bonchev–Trinajstić information content (AvgIpc) is 3.07. The lowest BCUT2D eigenvalue weighted by atomic mass is 9.75. The zero-order valence-corrected chi connectivity index (χ0v) is 18.8. The van der Waals surface area contributed by atoms with Crippen LogP contribution in [0.5, 0.6) is 0 Å². The average molecular weight is 464 g/mol. The molecule has 1 spiro atoms. The maximum Gasteiger partial charge on any atom is 0.339 e. The second-order valence-electron chi connectivity index (χ2n) is 8.40. The van der Waals surface area contributed by atoms with Gasteiger partial charge in [0.1, 0.15) is 11.5 Å². The smallest absolute Gasteiger partial charge is 0.339 e. The fourth-order valence-electron chi connectivity index (χ4n) is 4.51. The fraction of sp³-hybridized carbons (Fsp3) is 0.522. The minimum atomic E-state index is -0.659.